The van der Waals surface area contributed by atoms with Crippen LogP contribution in [0.5, 0.6) is 0 Å². The van der Waals surface area contributed by atoms with E-state index in [0.717, 1.165) is 24.8 Å². The van der Waals surface area contributed by atoms with E-state index in [2.05, 4.69) is 0 Å². The second kappa shape index (κ2) is 9.76. The summed E-state index contributed by atoms with van der Waals surface area (Å²) in [5.41, 5.74) is 1.71. The highest BCUT2D eigenvalue weighted by Gasteiger charge is 2.29. The SMILES string of the molecule is O=C(c1ccc(Cl)c(S(=O)(=O)N(Cc2ccccc2)c2ccccc2)c1)N1CCCCC1. The van der Waals surface area contributed by atoms with Crippen LogP contribution in [0.15, 0.2) is 83.8 Å². The Balaban J connectivity index is 1.74. The van der Waals surface area contributed by atoms with Crippen molar-refractivity contribution in [3.63, 3.8) is 0 Å². The van der Waals surface area contributed by atoms with Gasteiger partial charge in [-0.1, -0.05) is 60.1 Å². The number of benzene rings is 3. The maximum Gasteiger partial charge on any atom is 0.266 e. The maximum atomic E-state index is 13.8. The van der Waals surface area contributed by atoms with Crippen molar-refractivity contribution in [1.82, 2.24) is 4.90 Å². The van der Waals surface area contributed by atoms with Gasteiger partial charge in [-0.2, -0.15) is 0 Å². The second-order valence-corrected chi connectivity index (χ2v) is 10.1. The van der Waals surface area contributed by atoms with E-state index in [-0.39, 0.29) is 22.4 Å². The Morgan fingerprint density at radius 3 is 2.16 bits per heavy atom. The van der Waals surface area contributed by atoms with E-state index in [1.54, 1.807) is 35.2 Å². The van der Waals surface area contributed by atoms with Gasteiger partial charge in [0.1, 0.15) is 4.90 Å². The first-order valence-corrected chi connectivity index (χ1v) is 12.5. The van der Waals surface area contributed by atoms with Crippen LogP contribution in [0.3, 0.4) is 0 Å². The number of nitrogens with zero attached hydrogens (tertiary/aromatic N) is 2. The Hall–Kier alpha value is -2.83. The van der Waals surface area contributed by atoms with E-state index in [1.165, 1.54) is 16.4 Å². The van der Waals surface area contributed by atoms with Gasteiger partial charge in [-0.15, -0.1) is 0 Å². The third kappa shape index (κ3) is 4.81. The zero-order valence-corrected chi connectivity index (χ0v) is 19.2. The molecule has 0 atom stereocenters. The molecule has 1 aliphatic heterocycles. The molecule has 7 heteroatoms. The molecule has 0 radical (unpaired) electrons. The molecule has 3 aromatic rings. The lowest BCUT2D eigenvalue weighted by molar-refractivity contribution is 0.0724. The van der Waals surface area contributed by atoms with Crippen molar-refractivity contribution in [1.29, 1.82) is 0 Å². The molecule has 32 heavy (non-hydrogen) atoms. The summed E-state index contributed by atoms with van der Waals surface area (Å²) in [6, 6.07) is 22.8. The molecule has 0 aromatic heterocycles. The van der Waals surface area contributed by atoms with Crippen molar-refractivity contribution < 1.29 is 13.2 Å². The molecule has 1 amide bonds. The third-order valence-corrected chi connectivity index (χ3v) is 7.86. The number of likely N-dealkylation sites (tertiary alicyclic amines) is 1. The van der Waals surface area contributed by atoms with Crippen LogP contribution < -0.4 is 4.31 Å². The summed E-state index contributed by atoms with van der Waals surface area (Å²) in [5.74, 6) is -0.160. The largest absolute Gasteiger partial charge is 0.339 e. The lowest BCUT2D eigenvalue weighted by Crippen LogP contribution is -2.36. The lowest BCUT2D eigenvalue weighted by Gasteiger charge is -2.28. The van der Waals surface area contributed by atoms with Gasteiger partial charge in [0.05, 0.1) is 17.3 Å². The first-order valence-electron chi connectivity index (χ1n) is 10.7. The molecule has 0 spiro atoms. The van der Waals surface area contributed by atoms with Crippen LogP contribution in [0, 0.1) is 0 Å². The standard InChI is InChI=1S/C25H25ClN2O3S/c26-23-15-14-21(25(29)27-16-8-3-9-17-27)18-24(23)32(30,31)28(22-12-6-2-7-13-22)19-20-10-4-1-5-11-20/h1-2,4-7,10-15,18H,3,8-9,16-17,19H2. The smallest absolute Gasteiger partial charge is 0.266 e. The summed E-state index contributed by atoms with van der Waals surface area (Å²) in [5, 5.41) is 0.0918. The topological polar surface area (TPSA) is 57.7 Å². The number of para-hydroxylation sites is 1. The molecule has 1 saturated heterocycles. The summed E-state index contributed by atoms with van der Waals surface area (Å²) < 4.78 is 29.0. The third-order valence-electron chi connectivity index (χ3n) is 5.60. The highest BCUT2D eigenvalue weighted by Crippen LogP contribution is 2.31. The maximum absolute atomic E-state index is 13.8. The van der Waals surface area contributed by atoms with E-state index in [1.807, 2.05) is 36.4 Å². The zero-order chi connectivity index (χ0) is 22.6. The molecule has 1 aliphatic rings. The minimum Gasteiger partial charge on any atom is -0.339 e. The van der Waals surface area contributed by atoms with Crippen LogP contribution in [-0.4, -0.2) is 32.3 Å². The van der Waals surface area contributed by atoms with E-state index in [9.17, 15) is 13.2 Å². The minimum atomic E-state index is -4.04. The highest BCUT2D eigenvalue weighted by molar-refractivity contribution is 7.93. The number of sulfonamides is 1. The molecule has 0 saturated carbocycles. The molecule has 4 rings (SSSR count). The first kappa shape index (κ1) is 22.4. The van der Waals surface area contributed by atoms with Crippen LogP contribution in [-0.2, 0) is 16.6 Å². The quantitative estimate of drug-likeness (QED) is 0.489. The Bertz CT molecular complexity index is 1180. The summed E-state index contributed by atoms with van der Waals surface area (Å²) in [4.78, 5) is 14.7. The molecule has 3 aromatic carbocycles. The zero-order valence-electron chi connectivity index (χ0n) is 17.7. The van der Waals surface area contributed by atoms with Gasteiger partial charge in [-0.25, -0.2) is 8.42 Å². The molecular formula is C25H25ClN2O3S. The Morgan fingerprint density at radius 1 is 0.875 bits per heavy atom. The summed E-state index contributed by atoms with van der Waals surface area (Å²) in [6.45, 7) is 1.52. The average molecular weight is 469 g/mol. The number of amides is 1. The Kier molecular flexibility index (Phi) is 6.82. The highest BCUT2D eigenvalue weighted by atomic mass is 35.5. The van der Waals surface area contributed by atoms with E-state index in [0.29, 0.717) is 24.3 Å². The van der Waals surface area contributed by atoms with Gasteiger partial charge in [0, 0.05) is 18.7 Å². The molecule has 0 unspecified atom stereocenters. The van der Waals surface area contributed by atoms with Gasteiger partial charge in [-0.3, -0.25) is 9.10 Å². The number of carbonyl (C=O) groups is 1. The molecule has 0 N–H and O–H groups in total. The normalized spacial score (nSPS) is 14.2. The van der Waals surface area contributed by atoms with Crippen molar-refractivity contribution in [3.8, 4) is 0 Å². The number of piperidine rings is 1. The van der Waals surface area contributed by atoms with Gasteiger partial charge in [-0.05, 0) is 55.2 Å². The van der Waals surface area contributed by atoms with Crippen molar-refractivity contribution in [3.05, 3.63) is 95.0 Å². The molecular weight excluding hydrogens is 444 g/mol. The van der Waals surface area contributed by atoms with Crippen LogP contribution >= 0.6 is 11.6 Å². The minimum absolute atomic E-state index is 0.0678. The number of anilines is 1. The van der Waals surface area contributed by atoms with Crippen molar-refractivity contribution >= 4 is 33.2 Å². The van der Waals surface area contributed by atoms with Crippen molar-refractivity contribution in [2.45, 2.75) is 30.7 Å². The number of rotatable bonds is 6. The fourth-order valence-electron chi connectivity index (χ4n) is 3.89. The predicted octanol–water partition coefficient (Wildman–Crippen LogP) is 5.36. The second-order valence-electron chi connectivity index (χ2n) is 7.83. The van der Waals surface area contributed by atoms with E-state index in [4.69, 9.17) is 11.6 Å². The molecule has 1 heterocycles. The fraction of sp³-hybridized carbons (Fsp3) is 0.240. The van der Waals surface area contributed by atoms with Gasteiger partial charge in [0.2, 0.25) is 0 Å². The molecule has 5 nitrogen and oxygen atoms in total. The van der Waals surface area contributed by atoms with Crippen LogP contribution in [0.1, 0.15) is 35.2 Å². The Labute approximate surface area is 194 Å². The van der Waals surface area contributed by atoms with Crippen molar-refractivity contribution in [2.24, 2.45) is 0 Å². The van der Waals surface area contributed by atoms with Crippen LogP contribution in [0.25, 0.3) is 0 Å². The number of halogens is 1. The van der Waals surface area contributed by atoms with E-state index < -0.39 is 10.0 Å². The first-order chi connectivity index (χ1) is 15.5. The van der Waals surface area contributed by atoms with Crippen LogP contribution in [0.2, 0.25) is 5.02 Å². The van der Waals surface area contributed by atoms with Gasteiger partial charge in [0.25, 0.3) is 15.9 Å². The summed E-state index contributed by atoms with van der Waals surface area (Å²) >= 11 is 6.37. The fourth-order valence-corrected chi connectivity index (χ4v) is 5.85. The summed E-state index contributed by atoms with van der Waals surface area (Å²) in [6.07, 6.45) is 3.03. The molecule has 0 bridgehead atoms. The monoisotopic (exact) mass is 468 g/mol. The van der Waals surface area contributed by atoms with Crippen LogP contribution in [0.4, 0.5) is 5.69 Å². The predicted molar refractivity (Wildman–Crippen MR) is 127 cm³/mol. The van der Waals surface area contributed by atoms with Gasteiger partial charge >= 0.3 is 0 Å². The average Bonchev–Trinajstić information content (AvgIpc) is 2.84. The molecule has 0 aliphatic carbocycles. The molecule has 1 fully saturated rings. The number of hydrogen-bond acceptors (Lipinski definition) is 3. The Morgan fingerprint density at radius 2 is 1.50 bits per heavy atom. The van der Waals surface area contributed by atoms with Crippen molar-refractivity contribution in [2.75, 3.05) is 17.4 Å². The molecule has 166 valence electrons. The van der Waals surface area contributed by atoms with Gasteiger partial charge < -0.3 is 4.90 Å². The summed E-state index contributed by atoms with van der Waals surface area (Å²) in [7, 11) is -4.04. The van der Waals surface area contributed by atoms with Gasteiger partial charge in [0.15, 0.2) is 0 Å². The number of hydrogen-bond donors (Lipinski definition) is 0. The lowest BCUT2D eigenvalue weighted by atomic mass is 10.1. The number of carbonyl (C=O) groups excluding carboxylic acids is 1. The van der Waals surface area contributed by atoms with E-state index >= 15 is 0 Å².